The summed E-state index contributed by atoms with van der Waals surface area (Å²) in [5.74, 6) is 0.643. The van der Waals surface area contributed by atoms with Gasteiger partial charge in [0.25, 0.3) is 0 Å². The predicted molar refractivity (Wildman–Crippen MR) is 62.6 cm³/mol. The Hall–Kier alpha value is -0.0500. The van der Waals surface area contributed by atoms with Crippen LogP contribution in [0.15, 0.2) is 0 Å². The molecule has 1 amide bonds. The number of halogens is 1. The minimum Gasteiger partial charge on any atom is -0.342 e. The molecule has 1 unspecified atom stereocenters. The van der Waals surface area contributed by atoms with Crippen molar-refractivity contribution < 1.29 is 4.79 Å². The third-order valence-electron chi connectivity index (χ3n) is 2.97. The maximum atomic E-state index is 12.0. The standard InChI is InChI=1S/C11H20BrNO/c1-4-6-13(7-5-12)10(14)9-8-11(9,2)3/h9H,4-8H2,1-3H3. The third-order valence-corrected chi connectivity index (χ3v) is 3.33. The SMILES string of the molecule is CCCN(CCBr)C(=O)C1CC1(C)C. The molecule has 0 spiro atoms. The molecular formula is C11H20BrNO. The van der Waals surface area contributed by atoms with E-state index in [0.717, 1.165) is 31.3 Å². The van der Waals surface area contributed by atoms with Crippen LogP contribution in [-0.4, -0.2) is 29.2 Å². The van der Waals surface area contributed by atoms with Crippen LogP contribution in [0.1, 0.15) is 33.6 Å². The summed E-state index contributed by atoms with van der Waals surface area (Å²) >= 11 is 3.39. The molecule has 0 N–H and O–H groups in total. The molecule has 1 atom stereocenters. The van der Waals surface area contributed by atoms with Gasteiger partial charge in [-0.15, -0.1) is 0 Å². The molecule has 0 radical (unpaired) electrons. The average molecular weight is 262 g/mol. The van der Waals surface area contributed by atoms with E-state index < -0.39 is 0 Å². The molecule has 1 aliphatic rings. The van der Waals surface area contributed by atoms with Crippen molar-refractivity contribution in [2.45, 2.75) is 33.6 Å². The molecule has 0 bridgehead atoms. The van der Waals surface area contributed by atoms with E-state index in [1.165, 1.54) is 0 Å². The number of carbonyl (C=O) groups excluding carboxylic acids is 1. The molecular weight excluding hydrogens is 242 g/mol. The van der Waals surface area contributed by atoms with Gasteiger partial charge in [0.15, 0.2) is 0 Å². The van der Waals surface area contributed by atoms with Crippen LogP contribution in [0.4, 0.5) is 0 Å². The highest BCUT2D eigenvalue weighted by atomic mass is 79.9. The fourth-order valence-corrected chi connectivity index (χ4v) is 2.24. The second-order valence-corrected chi connectivity index (χ2v) is 5.55. The van der Waals surface area contributed by atoms with E-state index in [0.29, 0.717) is 5.91 Å². The average Bonchev–Trinajstić information content (AvgIpc) is 2.74. The van der Waals surface area contributed by atoms with Crippen LogP contribution < -0.4 is 0 Å². The van der Waals surface area contributed by atoms with Crippen molar-refractivity contribution in [2.24, 2.45) is 11.3 Å². The lowest BCUT2D eigenvalue weighted by Crippen LogP contribution is -2.35. The van der Waals surface area contributed by atoms with Crippen molar-refractivity contribution in [3.8, 4) is 0 Å². The molecule has 0 heterocycles. The molecule has 3 heteroatoms. The number of hydrogen-bond donors (Lipinski definition) is 0. The highest BCUT2D eigenvalue weighted by molar-refractivity contribution is 9.09. The van der Waals surface area contributed by atoms with E-state index in [-0.39, 0.29) is 11.3 Å². The minimum absolute atomic E-state index is 0.259. The highest BCUT2D eigenvalue weighted by Gasteiger charge is 2.51. The first-order valence-electron chi connectivity index (χ1n) is 5.37. The van der Waals surface area contributed by atoms with Gasteiger partial charge in [0.1, 0.15) is 0 Å². The van der Waals surface area contributed by atoms with Crippen LogP contribution in [0.25, 0.3) is 0 Å². The number of rotatable bonds is 5. The summed E-state index contributed by atoms with van der Waals surface area (Å²) in [6.45, 7) is 8.21. The van der Waals surface area contributed by atoms with Crippen molar-refractivity contribution in [1.82, 2.24) is 4.90 Å². The Morgan fingerprint density at radius 1 is 1.50 bits per heavy atom. The molecule has 0 aromatic carbocycles. The molecule has 0 aromatic rings. The zero-order chi connectivity index (χ0) is 10.8. The zero-order valence-electron chi connectivity index (χ0n) is 9.35. The second kappa shape index (κ2) is 4.65. The summed E-state index contributed by atoms with van der Waals surface area (Å²) in [5.41, 5.74) is 0.259. The Bertz CT molecular complexity index is 209. The third kappa shape index (κ3) is 2.72. The Morgan fingerprint density at radius 2 is 2.07 bits per heavy atom. The molecule has 1 fully saturated rings. The van der Waals surface area contributed by atoms with Crippen molar-refractivity contribution in [3.05, 3.63) is 0 Å². The second-order valence-electron chi connectivity index (χ2n) is 4.76. The molecule has 1 rings (SSSR count). The lowest BCUT2D eigenvalue weighted by Gasteiger charge is -2.21. The largest absolute Gasteiger partial charge is 0.342 e. The van der Waals surface area contributed by atoms with Crippen molar-refractivity contribution >= 4 is 21.8 Å². The number of nitrogens with zero attached hydrogens (tertiary/aromatic N) is 1. The van der Waals surface area contributed by atoms with Gasteiger partial charge in [0, 0.05) is 24.3 Å². The van der Waals surface area contributed by atoms with Crippen molar-refractivity contribution in [1.29, 1.82) is 0 Å². The predicted octanol–water partition coefficient (Wildman–Crippen LogP) is 2.67. The van der Waals surface area contributed by atoms with Crippen LogP contribution in [0.2, 0.25) is 0 Å². The monoisotopic (exact) mass is 261 g/mol. The number of amides is 1. The first-order valence-corrected chi connectivity index (χ1v) is 6.50. The minimum atomic E-state index is 0.259. The van der Waals surface area contributed by atoms with Gasteiger partial charge >= 0.3 is 0 Å². The van der Waals surface area contributed by atoms with E-state index in [9.17, 15) is 4.79 Å². The van der Waals surface area contributed by atoms with Gasteiger partial charge in [0.2, 0.25) is 5.91 Å². The van der Waals surface area contributed by atoms with Gasteiger partial charge in [-0.2, -0.15) is 0 Å². The van der Waals surface area contributed by atoms with E-state index in [1.54, 1.807) is 0 Å². The molecule has 0 saturated heterocycles. The summed E-state index contributed by atoms with van der Waals surface area (Å²) in [4.78, 5) is 14.0. The zero-order valence-corrected chi connectivity index (χ0v) is 10.9. The Morgan fingerprint density at radius 3 is 2.43 bits per heavy atom. The smallest absolute Gasteiger partial charge is 0.226 e. The molecule has 1 saturated carbocycles. The molecule has 0 aromatic heterocycles. The van der Waals surface area contributed by atoms with E-state index in [1.807, 2.05) is 4.90 Å². The number of carbonyl (C=O) groups is 1. The van der Waals surface area contributed by atoms with E-state index in [4.69, 9.17) is 0 Å². The summed E-state index contributed by atoms with van der Waals surface area (Å²) in [5, 5.41) is 0.881. The van der Waals surface area contributed by atoms with Gasteiger partial charge in [0.05, 0.1) is 0 Å². The van der Waals surface area contributed by atoms with E-state index in [2.05, 4.69) is 36.7 Å². The lowest BCUT2D eigenvalue weighted by molar-refractivity contribution is -0.133. The molecule has 0 aliphatic heterocycles. The number of alkyl halides is 1. The summed E-state index contributed by atoms with van der Waals surface area (Å²) < 4.78 is 0. The summed E-state index contributed by atoms with van der Waals surface area (Å²) in [6, 6.07) is 0. The number of hydrogen-bond acceptors (Lipinski definition) is 1. The van der Waals surface area contributed by atoms with Gasteiger partial charge < -0.3 is 4.90 Å². The Kier molecular flexibility index (Phi) is 3.99. The van der Waals surface area contributed by atoms with Gasteiger partial charge in [-0.05, 0) is 18.3 Å². The maximum Gasteiger partial charge on any atom is 0.226 e. The summed E-state index contributed by atoms with van der Waals surface area (Å²) in [7, 11) is 0. The van der Waals surface area contributed by atoms with Gasteiger partial charge in [-0.3, -0.25) is 4.79 Å². The first-order chi connectivity index (χ1) is 6.53. The van der Waals surface area contributed by atoms with E-state index >= 15 is 0 Å². The molecule has 1 aliphatic carbocycles. The fraction of sp³-hybridized carbons (Fsp3) is 0.909. The van der Waals surface area contributed by atoms with Crippen LogP contribution in [-0.2, 0) is 4.79 Å². The van der Waals surface area contributed by atoms with Gasteiger partial charge in [-0.25, -0.2) is 0 Å². The highest BCUT2D eigenvalue weighted by Crippen LogP contribution is 2.52. The normalized spacial score (nSPS) is 23.3. The van der Waals surface area contributed by atoms with Gasteiger partial charge in [-0.1, -0.05) is 36.7 Å². The Labute approximate surface area is 95.2 Å². The molecule has 82 valence electrons. The fourth-order valence-electron chi connectivity index (χ4n) is 1.81. The maximum absolute atomic E-state index is 12.0. The summed E-state index contributed by atoms with van der Waals surface area (Å²) in [6.07, 6.45) is 2.11. The van der Waals surface area contributed by atoms with Crippen LogP contribution in [0.3, 0.4) is 0 Å². The first kappa shape index (κ1) is 12.0. The van der Waals surface area contributed by atoms with Crippen LogP contribution in [0.5, 0.6) is 0 Å². The molecule has 2 nitrogen and oxygen atoms in total. The van der Waals surface area contributed by atoms with Crippen LogP contribution in [0, 0.1) is 11.3 Å². The van der Waals surface area contributed by atoms with Crippen molar-refractivity contribution in [2.75, 3.05) is 18.4 Å². The quantitative estimate of drug-likeness (QED) is 0.697. The lowest BCUT2D eigenvalue weighted by atomic mass is 10.1. The topological polar surface area (TPSA) is 20.3 Å². The van der Waals surface area contributed by atoms with Crippen molar-refractivity contribution in [3.63, 3.8) is 0 Å². The Balaban J connectivity index is 2.47. The van der Waals surface area contributed by atoms with Crippen LogP contribution >= 0.6 is 15.9 Å². The molecule has 14 heavy (non-hydrogen) atoms.